The van der Waals surface area contributed by atoms with Crippen LogP contribution in [0.2, 0.25) is 5.02 Å². The number of hydrogen-bond acceptors (Lipinski definition) is 4. The highest BCUT2D eigenvalue weighted by molar-refractivity contribution is 8.03. The summed E-state index contributed by atoms with van der Waals surface area (Å²) < 4.78 is 0. The molecule has 0 saturated carbocycles. The highest BCUT2D eigenvalue weighted by Crippen LogP contribution is 2.38. The lowest BCUT2D eigenvalue weighted by molar-refractivity contribution is -0.121. The molecule has 0 N–H and O–H groups in total. The molecule has 2 aliphatic heterocycles. The Bertz CT molecular complexity index is 1160. The highest BCUT2D eigenvalue weighted by atomic mass is 35.5. The molecule has 0 unspecified atom stereocenters. The monoisotopic (exact) mass is 445 g/mol. The third-order valence-electron chi connectivity index (χ3n) is 5.27. The molecule has 3 aromatic rings. The molecule has 0 aliphatic carbocycles. The summed E-state index contributed by atoms with van der Waals surface area (Å²) >= 11 is 7.69. The molecule has 0 spiro atoms. The van der Waals surface area contributed by atoms with Gasteiger partial charge in [0.25, 0.3) is 5.91 Å². The number of rotatable bonds is 5. The fourth-order valence-corrected chi connectivity index (χ4v) is 4.89. The molecule has 0 fully saturated rings. The van der Waals surface area contributed by atoms with Crippen molar-refractivity contribution in [3.05, 3.63) is 106 Å². The summed E-state index contributed by atoms with van der Waals surface area (Å²) in [5.74, 6) is 0.747. The maximum Gasteiger partial charge on any atom is 0.275 e. The van der Waals surface area contributed by atoms with Gasteiger partial charge in [0.1, 0.15) is 18.2 Å². The predicted molar refractivity (Wildman–Crippen MR) is 127 cm³/mol. The molecule has 0 saturated heterocycles. The molecule has 0 radical (unpaired) electrons. The van der Waals surface area contributed by atoms with Crippen LogP contribution in [0.15, 0.2) is 106 Å². The third kappa shape index (κ3) is 4.24. The zero-order valence-electron chi connectivity index (χ0n) is 16.7. The van der Waals surface area contributed by atoms with Gasteiger partial charge in [0.05, 0.1) is 11.4 Å². The summed E-state index contributed by atoms with van der Waals surface area (Å²) in [6.45, 7) is 1.18. The number of benzene rings is 3. The standard InChI is InChI=1S/C25H20ClN3OS/c26-19-11-13-21(14-12-19)31-23-16-28(20-9-5-2-6-10-20)17-29-24(23)27-22(25(29)30)15-18-7-3-1-4-8-18/h1-14H,15-17H2. The van der Waals surface area contributed by atoms with E-state index >= 15 is 0 Å². The summed E-state index contributed by atoms with van der Waals surface area (Å²) in [6.07, 6.45) is 0.532. The maximum absolute atomic E-state index is 13.3. The average molecular weight is 446 g/mol. The van der Waals surface area contributed by atoms with Crippen molar-refractivity contribution in [1.82, 2.24) is 4.90 Å². The number of halogens is 1. The first kappa shape index (κ1) is 19.9. The minimum atomic E-state index is -0.0197. The summed E-state index contributed by atoms with van der Waals surface area (Å²) in [5, 5.41) is 0.706. The lowest BCUT2D eigenvalue weighted by atomic mass is 10.1. The molecule has 6 heteroatoms. The molecule has 5 rings (SSSR count). The van der Waals surface area contributed by atoms with E-state index in [2.05, 4.69) is 17.0 Å². The molecule has 4 nitrogen and oxygen atoms in total. The second-order valence-electron chi connectivity index (χ2n) is 7.43. The van der Waals surface area contributed by atoms with Gasteiger partial charge >= 0.3 is 0 Å². The Morgan fingerprint density at radius 1 is 0.903 bits per heavy atom. The Kier molecular flexibility index (Phi) is 5.53. The SMILES string of the molecule is O=C1C(Cc2ccccc2)=NC2=C(Sc3ccc(Cl)cc3)CN(c3ccccc3)CN12. The first-order chi connectivity index (χ1) is 15.2. The number of amides is 1. The van der Waals surface area contributed by atoms with Crippen molar-refractivity contribution in [2.45, 2.75) is 11.3 Å². The average Bonchev–Trinajstić information content (AvgIpc) is 3.12. The maximum atomic E-state index is 13.3. The van der Waals surface area contributed by atoms with E-state index in [0.717, 1.165) is 26.9 Å². The van der Waals surface area contributed by atoms with Crippen LogP contribution in [0.5, 0.6) is 0 Å². The van der Waals surface area contributed by atoms with E-state index in [1.54, 1.807) is 16.7 Å². The fraction of sp³-hybridized carbons (Fsp3) is 0.120. The van der Waals surface area contributed by atoms with Gasteiger partial charge in [-0.2, -0.15) is 0 Å². The lowest BCUT2D eigenvalue weighted by Gasteiger charge is -2.35. The number of para-hydroxylation sites is 1. The van der Waals surface area contributed by atoms with Crippen molar-refractivity contribution in [2.75, 3.05) is 18.1 Å². The van der Waals surface area contributed by atoms with Crippen molar-refractivity contribution < 1.29 is 4.79 Å². The number of carbonyl (C=O) groups is 1. The van der Waals surface area contributed by atoms with Crippen LogP contribution in [0.3, 0.4) is 0 Å². The molecule has 1 amide bonds. The quantitative estimate of drug-likeness (QED) is 0.512. The van der Waals surface area contributed by atoms with Crippen LogP contribution in [0.4, 0.5) is 5.69 Å². The van der Waals surface area contributed by atoms with Crippen molar-refractivity contribution in [2.24, 2.45) is 4.99 Å². The van der Waals surface area contributed by atoms with E-state index < -0.39 is 0 Å². The van der Waals surface area contributed by atoms with Crippen LogP contribution < -0.4 is 4.90 Å². The van der Waals surface area contributed by atoms with Crippen LogP contribution in [-0.2, 0) is 11.2 Å². The van der Waals surface area contributed by atoms with Crippen LogP contribution in [-0.4, -0.2) is 29.7 Å². The Hall–Kier alpha value is -3.02. The molecular weight excluding hydrogens is 426 g/mol. The molecule has 0 aromatic heterocycles. The van der Waals surface area contributed by atoms with Crippen molar-refractivity contribution in [3.8, 4) is 0 Å². The van der Waals surface area contributed by atoms with Gasteiger partial charge in [-0.1, -0.05) is 71.9 Å². The molecule has 31 heavy (non-hydrogen) atoms. The summed E-state index contributed by atoms with van der Waals surface area (Å²) in [5.41, 5.74) is 2.76. The van der Waals surface area contributed by atoms with Crippen molar-refractivity contribution in [3.63, 3.8) is 0 Å². The molecule has 0 atom stereocenters. The van der Waals surface area contributed by atoms with E-state index in [0.29, 0.717) is 30.4 Å². The van der Waals surface area contributed by atoms with E-state index in [-0.39, 0.29) is 5.91 Å². The molecule has 154 valence electrons. The number of aliphatic imine (C=N–C) groups is 1. The molecule has 2 aliphatic rings. The molecule has 0 bridgehead atoms. The first-order valence-electron chi connectivity index (χ1n) is 10.1. The van der Waals surface area contributed by atoms with Gasteiger partial charge in [-0.05, 0) is 42.0 Å². The number of hydrogen-bond donors (Lipinski definition) is 0. The number of fused-ring (bicyclic) bond motifs is 1. The number of carbonyl (C=O) groups excluding carboxylic acids is 1. The summed E-state index contributed by atoms with van der Waals surface area (Å²) in [4.78, 5) is 24.2. The summed E-state index contributed by atoms with van der Waals surface area (Å²) in [6, 6.07) is 28.0. The van der Waals surface area contributed by atoms with Crippen molar-refractivity contribution in [1.29, 1.82) is 0 Å². The van der Waals surface area contributed by atoms with Gasteiger partial charge < -0.3 is 4.90 Å². The van der Waals surface area contributed by atoms with Gasteiger partial charge in [-0.3, -0.25) is 9.69 Å². The minimum Gasteiger partial charge on any atom is -0.348 e. The zero-order valence-corrected chi connectivity index (χ0v) is 18.3. The van der Waals surface area contributed by atoms with Crippen LogP contribution in [0.25, 0.3) is 0 Å². The van der Waals surface area contributed by atoms with Crippen molar-refractivity contribution >= 4 is 40.7 Å². The minimum absolute atomic E-state index is 0.0197. The second-order valence-corrected chi connectivity index (χ2v) is 9.04. The summed E-state index contributed by atoms with van der Waals surface area (Å²) in [7, 11) is 0. The van der Waals surface area contributed by atoms with E-state index in [1.165, 1.54) is 0 Å². The van der Waals surface area contributed by atoms with Gasteiger partial charge in [-0.25, -0.2) is 4.99 Å². The first-order valence-corrected chi connectivity index (χ1v) is 11.3. The number of thioether (sulfide) groups is 1. The number of nitrogens with zero attached hydrogens (tertiary/aromatic N) is 3. The fourth-order valence-electron chi connectivity index (χ4n) is 3.74. The predicted octanol–water partition coefficient (Wildman–Crippen LogP) is 5.60. The third-order valence-corrected chi connectivity index (χ3v) is 6.59. The van der Waals surface area contributed by atoms with Gasteiger partial charge in [0.15, 0.2) is 0 Å². The Labute approximate surface area is 190 Å². The molecule has 2 heterocycles. The normalized spacial score (nSPS) is 15.9. The Morgan fingerprint density at radius 2 is 1.58 bits per heavy atom. The highest BCUT2D eigenvalue weighted by Gasteiger charge is 2.37. The second kappa shape index (κ2) is 8.61. The van der Waals surface area contributed by atoms with Crippen LogP contribution >= 0.6 is 23.4 Å². The molecular formula is C25H20ClN3OS. The van der Waals surface area contributed by atoms with Crippen LogP contribution in [0.1, 0.15) is 5.56 Å². The smallest absolute Gasteiger partial charge is 0.275 e. The zero-order chi connectivity index (χ0) is 21.2. The largest absolute Gasteiger partial charge is 0.348 e. The van der Waals surface area contributed by atoms with E-state index in [9.17, 15) is 4.79 Å². The Balaban J connectivity index is 1.50. The topological polar surface area (TPSA) is 35.9 Å². The number of anilines is 1. The van der Waals surface area contributed by atoms with Gasteiger partial charge in [0.2, 0.25) is 0 Å². The van der Waals surface area contributed by atoms with Crippen LogP contribution in [0, 0.1) is 0 Å². The van der Waals surface area contributed by atoms with E-state index in [4.69, 9.17) is 16.6 Å². The van der Waals surface area contributed by atoms with Gasteiger partial charge in [0, 0.05) is 22.0 Å². The van der Waals surface area contributed by atoms with E-state index in [1.807, 2.05) is 72.8 Å². The Morgan fingerprint density at radius 3 is 2.29 bits per heavy atom. The van der Waals surface area contributed by atoms with Gasteiger partial charge in [-0.15, -0.1) is 0 Å². The lowest BCUT2D eigenvalue weighted by Crippen LogP contribution is -2.45. The molecule has 3 aromatic carbocycles.